The third kappa shape index (κ3) is 2.64. The minimum absolute atomic E-state index is 0. The maximum absolute atomic E-state index is 11.0. The summed E-state index contributed by atoms with van der Waals surface area (Å²) in [5.74, 6) is 0. The Labute approximate surface area is 109 Å². The van der Waals surface area contributed by atoms with Crippen molar-refractivity contribution < 1.29 is 15.1 Å². The summed E-state index contributed by atoms with van der Waals surface area (Å²) in [6.45, 7) is 0. The van der Waals surface area contributed by atoms with Crippen molar-refractivity contribution in [3.05, 3.63) is 0 Å². The Bertz CT molecular complexity index is 264. The zero-order chi connectivity index (χ0) is 9.71. The molecule has 0 bridgehead atoms. The fourth-order valence-electron chi connectivity index (χ4n) is 1.92. The smallest absolute Gasteiger partial charge is 0.317 e. The van der Waals surface area contributed by atoms with Gasteiger partial charge in [-0.05, 0) is 0 Å². The maximum Gasteiger partial charge on any atom is 0.317 e. The van der Waals surface area contributed by atoms with E-state index < -0.39 is 0 Å². The number of hydrogen-bond donors (Lipinski definition) is 6. The molecule has 3 saturated heterocycles. The van der Waals surface area contributed by atoms with Gasteiger partial charge in [-0.15, -0.1) is 24.8 Å². The first-order valence-corrected chi connectivity index (χ1v) is 4.38. The molecular weight excluding hydrogens is 275 g/mol. The zero-order valence-corrected chi connectivity index (χ0v) is 10.1. The molecule has 3 heterocycles. The number of hydrogen-bond acceptors (Lipinski definition) is 4. The molecule has 0 radical (unpaired) electrons. The largest absolute Gasteiger partial charge is 0.412 e. The summed E-state index contributed by atoms with van der Waals surface area (Å²) in [4.78, 5) is 22.0. The van der Waals surface area contributed by atoms with Crippen molar-refractivity contribution in [2.24, 2.45) is 0 Å². The van der Waals surface area contributed by atoms with Crippen LogP contribution in [0.2, 0.25) is 0 Å². The molecule has 4 atom stereocenters. The minimum Gasteiger partial charge on any atom is -0.412 e. The van der Waals surface area contributed by atoms with Crippen LogP contribution in [0.5, 0.6) is 0 Å². The van der Waals surface area contributed by atoms with Crippen LogP contribution in [-0.4, -0.2) is 42.2 Å². The summed E-state index contributed by atoms with van der Waals surface area (Å²) in [7, 11) is 0. The van der Waals surface area contributed by atoms with Gasteiger partial charge in [0, 0.05) is 0 Å². The lowest BCUT2D eigenvalue weighted by atomic mass is 10.2. The topological polar surface area (TPSA) is 138 Å². The summed E-state index contributed by atoms with van der Waals surface area (Å²) >= 11 is 0. The molecule has 3 rings (SSSR count). The molecule has 0 spiro atoms. The Morgan fingerprint density at radius 3 is 1.12 bits per heavy atom. The van der Waals surface area contributed by atoms with E-state index in [0.29, 0.717) is 0 Å². The second-order valence-corrected chi connectivity index (χ2v) is 3.48. The van der Waals surface area contributed by atoms with Gasteiger partial charge in [0.05, 0.1) is 0 Å². The van der Waals surface area contributed by atoms with Crippen molar-refractivity contribution in [3.63, 3.8) is 0 Å². The van der Waals surface area contributed by atoms with Crippen LogP contribution in [-0.2, 0) is 0 Å². The Kier molecular flexibility index (Phi) is 5.23. The lowest BCUT2D eigenvalue weighted by Crippen LogP contribution is -2.71. The van der Waals surface area contributed by atoms with Crippen LogP contribution in [0.25, 0.3) is 0 Å². The van der Waals surface area contributed by atoms with Gasteiger partial charge in [-0.25, -0.2) is 9.59 Å². The Balaban J connectivity index is 0.000000853. The van der Waals surface area contributed by atoms with Gasteiger partial charge in [0.25, 0.3) is 0 Å². The molecule has 4 unspecified atom stereocenters. The van der Waals surface area contributed by atoms with Gasteiger partial charge in [0.2, 0.25) is 0 Å². The van der Waals surface area contributed by atoms with Crippen LogP contribution in [0.3, 0.4) is 0 Å². The number of fused-ring (bicyclic) bond motifs is 2. The monoisotopic (exact) mass is 288 g/mol. The number of carbonyl (C=O) groups excluding carboxylic acids is 2. The molecule has 9 nitrogen and oxygen atoms in total. The first kappa shape index (κ1) is 16.0. The molecule has 0 aromatic heterocycles. The van der Waals surface area contributed by atoms with Gasteiger partial charge in [-0.3, -0.25) is 10.6 Å². The quantitative estimate of drug-likeness (QED) is 0.285. The molecule has 3 aliphatic rings. The third-order valence-corrected chi connectivity index (χ3v) is 2.53. The summed E-state index contributed by atoms with van der Waals surface area (Å²) in [5, 5.41) is 16.9. The van der Waals surface area contributed by atoms with Gasteiger partial charge in [-0.1, -0.05) is 0 Å². The number of amides is 4. The van der Waals surface area contributed by atoms with Crippen molar-refractivity contribution in [1.82, 2.24) is 31.9 Å². The average molecular weight is 289 g/mol. The van der Waals surface area contributed by atoms with E-state index in [4.69, 9.17) is 0 Å². The van der Waals surface area contributed by atoms with Crippen molar-refractivity contribution >= 4 is 36.9 Å². The normalized spacial score (nSPS) is 36.5. The lowest BCUT2D eigenvalue weighted by molar-refractivity contribution is 0.207. The van der Waals surface area contributed by atoms with E-state index in [-0.39, 0.29) is 67.0 Å². The van der Waals surface area contributed by atoms with E-state index in [9.17, 15) is 9.59 Å². The molecule has 0 aromatic carbocycles. The Hall–Kier alpha value is -1.00. The predicted octanol–water partition coefficient (Wildman–Crippen LogP) is -2.87. The van der Waals surface area contributed by atoms with Crippen LogP contribution in [0, 0.1) is 0 Å². The van der Waals surface area contributed by atoms with Crippen molar-refractivity contribution in [1.29, 1.82) is 0 Å². The number of carbonyl (C=O) groups is 2. The zero-order valence-electron chi connectivity index (χ0n) is 8.44. The molecule has 0 aromatic rings. The van der Waals surface area contributed by atoms with Crippen LogP contribution in [0.4, 0.5) is 9.59 Å². The number of nitrogens with one attached hydrogen (secondary N) is 6. The maximum atomic E-state index is 11.0. The Morgan fingerprint density at radius 2 is 0.882 bits per heavy atom. The fourth-order valence-corrected chi connectivity index (χ4v) is 1.92. The molecule has 0 saturated carbocycles. The van der Waals surface area contributed by atoms with Crippen molar-refractivity contribution in [2.75, 3.05) is 0 Å². The Morgan fingerprint density at radius 1 is 0.647 bits per heavy atom. The van der Waals surface area contributed by atoms with Gasteiger partial charge in [0.1, 0.15) is 24.7 Å². The van der Waals surface area contributed by atoms with Gasteiger partial charge < -0.3 is 26.7 Å². The first-order valence-electron chi connectivity index (χ1n) is 4.38. The summed E-state index contributed by atoms with van der Waals surface area (Å²) in [5.41, 5.74) is 0. The fraction of sp³-hybridized carbons (Fsp3) is 0.667. The molecular formula is C6H14Cl2N6O3. The van der Waals surface area contributed by atoms with Gasteiger partial charge in [-0.2, -0.15) is 0 Å². The highest BCUT2D eigenvalue weighted by molar-refractivity contribution is 5.85. The molecule has 4 amide bonds. The van der Waals surface area contributed by atoms with Crippen LogP contribution < -0.4 is 31.9 Å². The highest BCUT2D eigenvalue weighted by Gasteiger charge is 2.45. The second-order valence-electron chi connectivity index (χ2n) is 3.48. The number of urea groups is 2. The summed E-state index contributed by atoms with van der Waals surface area (Å²) in [6, 6.07) is -0.433. The van der Waals surface area contributed by atoms with Gasteiger partial charge in [0.15, 0.2) is 0 Å². The standard InChI is InChI=1S/C6H10N6O2.2ClH.H2O/c13-5-9-1-2(10-5)8-4-3(7-1)11-6(14)12-4;;;/h1-4,7-8H,(H2,9,10,13)(H2,11,12,14);2*1H;1H2. The van der Waals surface area contributed by atoms with Crippen LogP contribution in [0.15, 0.2) is 0 Å². The van der Waals surface area contributed by atoms with Gasteiger partial charge >= 0.3 is 12.1 Å². The third-order valence-electron chi connectivity index (χ3n) is 2.53. The average Bonchev–Trinajstić information content (AvgIpc) is 2.59. The summed E-state index contributed by atoms with van der Waals surface area (Å²) in [6.07, 6.45) is -0.763. The first-order chi connectivity index (χ1) is 6.72. The molecule has 3 aliphatic heterocycles. The van der Waals surface area contributed by atoms with E-state index in [2.05, 4.69) is 31.9 Å². The van der Waals surface area contributed by atoms with E-state index in [1.165, 1.54) is 0 Å². The van der Waals surface area contributed by atoms with Crippen molar-refractivity contribution in [3.8, 4) is 0 Å². The molecule has 8 N–H and O–H groups in total. The highest BCUT2D eigenvalue weighted by atomic mass is 35.5. The van der Waals surface area contributed by atoms with E-state index in [1.54, 1.807) is 0 Å². The van der Waals surface area contributed by atoms with E-state index in [0.717, 1.165) is 0 Å². The molecule has 3 fully saturated rings. The second kappa shape index (κ2) is 5.56. The van der Waals surface area contributed by atoms with Crippen LogP contribution in [0.1, 0.15) is 0 Å². The number of rotatable bonds is 0. The van der Waals surface area contributed by atoms with E-state index in [1.807, 2.05) is 0 Å². The molecule has 0 aliphatic carbocycles. The highest BCUT2D eigenvalue weighted by Crippen LogP contribution is 2.08. The predicted molar refractivity (Wildman–Crippen MR) is 62.9 cm³/mol. The number of piperazine rings is 1. The lowest BCUT2D eigenvalue weighted by Gasteiger charge is -2.34. The molecule has 100 valence electrons. The van der Waals surface area contributed by atoms with Crippen LogP contribution >= 0.6 is 24.8 Å². The summed E-state index contributed by atoms with van der Waals surface area (Å²) < 4.78 is 0. The SMILES string of the molecule is Cl.Cl.O.O=C1NC2NC3NC(=O)NC3NC2N1. The van der Waals surface area contributed by atoms with Crippen molar-refractivity contribution in [2.45, 2.75) is 24.7 Å². The minimum atomic E-state index is -0.216. The molecule has 17 heavy (non-hydrogen) atoms. The molecule has 11 heteroatoms. The number of halogens is 2. The van der Waals surface area contributed by atoms with E-state index >= 15 is 0 Å².